The van der Waals surface area contributed by atoms with Crippen LogP contribution in [0.5, 0.6) is 0 Å². The van der Waals surface area contributed by atoms with Crippen LogP contribution in [0.2, 0.25) is 0 Å². The lowest BCUT2D eigenvalue weighted by atomic mass is 9.78. The predicted octanol–water partition coefficient (Wildman–Crippen LogP) is 2.65. The molecule has 0 radical (unpaired) electrons. The number of hydrogen-bond donors (Lipinski definition) is 2. The van der Waals surface area contributed by atoms with Crippen LogP contribution in [-0.2, 0) is 15.1 Å². The number of rotatable bonds is 2. The lowest BCUT2D eigenvalue weighted by Crippen LogP contribution is -2.53. The third-order valence-electron chi connectivity index (χ3n) is 3.72. The van der Waals surface area contributed by atoms with E-state index >= 15 is 0 Å². The van der Waals surface area contributed by atoms with Gasteiger partial charge < -0.3 is 15.2 Å². The Morgan fingerprint density at radius 2 is 1.90 bits per heavy atom. The molecule has 0 spiro atoms. The molecule has 2 atom stereocenters. The molecule has 4 nitrogen and oxygen atoms in total. The van der Waals surface area contributed by atoms with Crippen molar-refractivity contribution in [1.82, 2.24) is 0 Å². The van der Waals surface area contributed by atoms with Crippen molar-refractivity contribution < 1.29 is 14.6 Å². The zero-order valence-corrected chi connectivity index (χ0v) is 12.9. The van der Waals surface area contributed by atoms with Crippen molar-refractivity contribution in [2.75, 3.05) is 12.4 Å². The average molecular weight is 348 g/mol. The highest BCUT2D eigenvalue weighted by molar-refractivity contribution is 9.10. The molecule has 3 rings (SSSR count). The first-order chi connectivity index (χ1) is 10.1. The van der Waals surface area contributed by atoms with Crippen molar-refractivity contribution in [3.8, 4) is 0 Å². The largest absolute Gasteiger partial charge is 0.377 e. The van der Waals surface area contributed by atoms with Crippen LogP contribution in [0, 0.1) is 0 Å². The van der Waals surface area contributed by atoms with Gasteiger partial charge in [0.05, 0.1) is 0 Å². The molecule has 0 saturated carbocycles. The molecule has 21 heavy (non-hydrogen) atoms. The lowest BCUT2D eigenvalue weighted by Gasteiger charge is -2.40. The number of methoxy groups -OCH3 is 1. The highest BCUT2D eigenvalue weighted by Gasteiger charge is 2.50. The number of carbonyl (C=O) groups is 1. The first kappa shape index (κ1) is 14.3. The molecule has 1 aliphatic heterocycles. The van der Waals surface area contributed by atoms with Crippen LogP contribution in [-0.4, -0.2) is 24.2 Å². The van der Waals surface area contributed by atoms with Crippen LogP contribution in [0.3, 0.4) is 0 Å². The molecule has 0 bridgehead atoms. The van der Waals surface area contributed by atoms with Crippen LogP contribution in [0.4, 0.5) is 5.69 Å². The Morgan fingerprint density at radius 1 is 1.19 bits per heavy atom. The topological polar surface area (TPSA) is 58.6 Å². The zero-order valence-electron chi connectivity index (χ0n) is 11.3. The van der Waals surface area contributed by atoms with E-state index in [1.807, 2.05) is 30.3 Å². The molecule has 1 aliphatic rings. The Hall–Kier alpha value is -1.69. The molecule has 108 valence electrons. The summed E-state index contributed by atoms with van der Waals surface area (Å²) in [6.45, 7) is 0. The summed E-state index contributed by atoms with van der Waals surface area (Å²) in [5.41, 5.74) is 0.241. The van der Waals surface area contributed by atoms with Crippen LogP contribution < -0.4 is 5.32 Å². The summed E-state index contributed by atoms with van der Waals surface area (Å²) in [4.78, 5) is 12.3. The number of ether oxygens (including phenoxy) is 1. The van der Waals surface area contributed by atoms with Gasteiger partial charge in [-0.15, -0.1) is 0 Å². The quantitative estimate of drug-likeness (QED) is 0.877. The normalized spacial score (nSPS) is 24.3. The summed E-state index contributed by atoms with van der Waals surface area (Å²) < 4.78 is 6.02. The van der Waals surface area contributed by atoms with Crippen LogP contribution >= 0.6 is 15.9 Å². The molecular formula is C16H14BrNO3. The third-order valence-corrected chi connectivity index (χ3v) is 4.38. The number of amides is 1. The van der Waals surface area contributed by atoms with E-state index in [0.29, 0.717) is 21.3 Å². The Labute approximate surface area is 130 Å². The first-order valence-corrected chi connectivity index (χ1v) is 7.29. The van der Waals surface area contributed by atoms with Gasteiger partial charge in [0.2, 0.25) is 0 Å². The number of benzene rings is 2. The Morgan fingerprint density at radius 3 is 2.57 bits per heavy atom. The van der Waals surface area contributed by atoms with Crippen LogP contribution in [0.25, 0.3) is 0 Å². The van der Waals surface area contributed by atoms with Gasteiger partial charge in [-0.2, -0.15) is 0 Å². The second-order valence-electron chi connectivity index (χ2n) is 4.90. The van der Waals surface area contributed by atoms with E-state index in [1.54, 1.807) is 18.2 Å². The van der Waals surface area contributed by atoms with Gasteiger partial charge in [-0.1, -0.05) is 52.3 Å². The molecule has 0 saturated heterocycles. The highest BCUT2D eigenvalue weighted by atomic mass is 79.9. The van der Waals surface area contributed by atoms with Gasteiger partial charge in [0.1, 0.15) is 0 Å². The maximum atomic E-state index is 12.3. The van der Waals surface area contributed by atoms with Gasteiger partial charge in [0, 0.05) is 22.8 Å². The van der Waals surface area contributed by atoms with Gasteiger partial charge in [0.15, 0.2) is 11.7 Å². The van der Waals surface area contributed by atoms with E-state index in [9.17, 15) is 9.90 Å². The van der Waals surface area contributed by atoms with E-state index in [-0.39, 0.29) is 5.91 Å². The smallest absolute Gasteiger partial charge is 0.257 e. The minimum atomic E-state index is -1.55. The molecule has 1 heterocycles. The highest BCUT2D eigenvalue weighted by Crippen LogP contribution is 2.45. The van der Waals surface area contributed by atoms with Crippen molar-refractivity contribution >= 4 is 27.5 Å². The molecular weight excluding hydrogens is 334 g/mol. The summed E-state index contributed by atoms with van der Waals surface area (Å²) >= 11 is 3.46. The number of aliphatic hydroxyl groups is 1. The van der Waals surface area contributed by atoms with E-state index in [1.165, 1.54) is 7.11 Å². The summed E-state index contributed by atoms with van der Waals surface area (Å²) in [5, 5.41) is 14.2. The average Bonchev–Trinajstić information content (AvgIpc) is 2.48. The maximum absolute atomic E-state index is 12.3. The molecule has 2 unspecified atom stereocenters. The minimum Gasteiger partial charge on any atom is -0.377 e. The SMILES string of the molecule is COC1C(=O)Nc2cccc(Br)c2C1(O)c1ccccc1. The number of nitrogens with one attached hydrogen (secondary N) is 1. The minimum absolute atomic E-state index is 0.366. The molecule has 2 N–H and O–H groups in total. The van der Waals surface area contributed by atoms with Gasteiger partial charge in [-0.3, -0.25) is 4.79 Å². The molecule has 1 amide bonds. The Kier molecular flexibility index (Phi) is 3.57. The molecule has 0 fully saturated rings. The number of fused-ring (bicyclic) bond motifs is 1. The number of anilines is 1. The Bertz CT molecular complexity index is 689. The van der Waals surface area contributed by atoms with E-state index < -0.39 is 11.7 Å². The number of hydrogen-bond acceptors (Lipinski definition) is 3. The van der Waals surface area contributed by atoms with Crippen molar-refractivity contribution in [2.24, 2.45) is 0 Å². The fourth-order valence-electron chi connectivity index (χ4n) is 2.80. The van der Waals surface area contributed by atoms with E-state index in [0.717, 1.165) is 0 Å². The predicted molar refractivity (Wildman–Crippen MR) is 83.0 cm³/mol. The monoisotopic (exact) mass is 347 g/mol. The van der Waals surface area contributed by atoms with Gasteiger partial charge in [-0.25, -0.2) is 0 Å². The lowest BCUT2D eigenvalue weighted by molar-refractivity contribution is -0.142. The zero-order chi connectivity index (χ0) is 15.0. The number of carbonyl (C=O) groups excluding carboxylic acids is 1. The van der Waals surface area contributed by atoms with E-state index in [4.69, 9.17) is 4.74 Å². The first-order valence-electron chi connectivity index (χ1n) is 6.49. The summed E-state index contributed by atoms with van der Waals surface area (Å²) in [6, 6.07) is 14.5. The molecule has 2 aromatic rings. The van der Waals surface area contributed by atoms with Crippen LogP contribution in [0.1, 0.15) is 11.1 Å². The summed E-state index contributed by atoms with van der Waals surface area (Å²) in [6.07, 6.45) is -1.02. The standard InChI is InChI=1S/C16H14BrNO3/c1-21-14-15(19)18-12-9-5-8-11(17)13(12)16(14,20)10-6-3-2-4-7-10/h2-9,14,20H,1H3,(H,18,19). The molecule has 0 aliphatic carbocycles. The Balaban J connectivity index is 2.32. The maximum Gasteiger partial charge on any atom is 0.257 e. The summed E-state index contributed by atoms with van der Waals surface area (Å²) in [5.74, 6) is -0.366. The van der Waals surface area contributed by atoms with Crippen molar-refractivity contribution in [2.45, 2.75) is 11.7 Å². The van der Waals surface area contributed by atoms with Gasteiger partial charge in [-0.05, 0) is 17.7 Å². The fraction of sp³-hybridized carbons (Fsp3) is 0.188. The molecule has 5 heteroatoms. The number of halogens is 1. The van der Waals surface area contributed by atoms with Crippen molar-refractivity contribution in [3.63, 3.8) is 0 Å². The van der Waals surface area contributed by atoms with Crippen molar-refractivity contribution in [1.29, 1.82) is 0 Å². The third kappa shape index (κ3) is 2.09. The second kappa shape index (κ2) is 5.26. The van der Waals surface area contributed by atoms with Gasteiger partial charge >= 0.3 is 0 Å². The van der Waals surface area contributed by atoms with Crippen molar-refractivity contribution in [3.05, 3.63) is 64.1 Å². The molecule has 2 aromatic carbocycles. The summed E-state index contributed by atoms with van der Waals surface area (Å²) in [7, 11) is 1.42. The van der Waals surface area contributed by atoms with Gasteiger partial charge in [0.25, 0.3) is 5.91 Å². The molecule has 0 aromatic heterocycles. The second-order valence-corrected chi connectivity index (χ2v) is 5.75. The van der Waals surface area contributed by atoms with E-state index in [2.05, 4.69) is 21.2 Å². The fourth-order valence-corrected chi connectivity index (χ4v) is 3.47. The van der Waals surface area contributed by atoms with Crippen LogP contribution in [0.15, 0.2) is 53.0 Å².